The van der Waals surface area contributed by atoms with Crippen molar-refractivity contribution in [3.63, 3.8) is 0 Å². The number of thiol groups is 2. The van der Waals surface area contributed by atoms with Gasteiger partial charge in [0.1, 0.15) is 11.3 Å². The smallest absolute Gasteiger partial charge is 0.246 e. The molecule has 2 aromatic rings. The van der Waals surface area contributed by atoms with E-state index in [2.05, 4.69) is 59.0 Å². The highest BCUT2D eigenvalue weighted by molar-refractivity contribution is 7.85. The van der Waals surface area contributed by atoms with E-state index in [4.69, 9.17) is 10.5 Å². The number of aromatic nitrogens is 4. The zero-order valence-corrected chi connectivity index (χ0v) is 23.9. The number of nitrogen functional groups attached to an aromatic ring is 1. The van der Waals surface area contributed by atoms with Gasteiger partial charge in [0.15, 0.2) is 22.7 Å². The molecule has 2 aromatic heterocycles. The number of Topliss-reactive ketones (excluding diaryl/α,β-unsaturated/α-hetero) is 2. The van der Waals surface area contributed by atoms with Gasteiger partial charge < -0.3 is 15.0 Å². The Kier molecular flexibility index (Phi) is 8.92. The molecule has 4 atom stereocenters. The summed E-state index contributed by atoms with van der Waals surface area (Å²) in [7, 11) is -0.714. The first-order valence-electron chi connectivity index (χ1n) is 11.9. The highest BCUT2D eigenvalue weighted by atomic mass is 32.1. The second kappa shape index (κ2) is 11.2. The molecule has 0 saturated heterocycles. The van der Waals surface area contributed by atoms with Crippen molar-refractivity contribution in [3.05, 3.63) is 18.5 Å². The Bertz CT molecular complexity index is 1090. The summed E-state index contributed by atoms with van der Waals surface area (Å²) in [4.78, 5) is 39.9. The Morgan fingerprint density at radius 3 is 2.17 bits per heavy atom. The van der Waals surface area contributed by atoms with Crippen molar-refractivity contribution >= 4 is 61.2 Å². The number of ether oxygens (including phenoxy) is 1. The standard InChI is InChI=1S/C24H36N5O3PS2/c1-13(2)20(30)17(10-34)33(6,18(11-35)21(31)14(3)4)16-8-7-15(9-16)29-12-26-19-22(29)27-24(25)28-23(19)32-5/h7-8,12-18H,9-11H2,1-6H3,(H3-,25,27,28,34,35)/p+1/t15-,16+,17+,18+/m0/s1. The molecule has 0 spiro atoms. The lowest BCUT2D eigenvalue weighted by Gasteiger charge is -2.40. The van der Waals surface area contributed by atoms with Crippen molar-refractivity contribution in [1.29, 1.82) is 0 Å². The first-order valence-corrected chi connectivity index (χ1v) is 15.6. The number of carbonyl (C=O) groups excluding carboxylic acids is 2. The van der Waals surface area contributed by atoms with Crippen LogP contribution in [0.5, 0.6) is 5.88 Å². The largest absolute Gasteiger partial charge is 0.479 e. The first kappa shape index (κ1) is 27.9. The molecule has 1 aliphatic rings. The van der Waals surface area contributed by atoms with Crippen molar-refractivity contribution in [1.82, 2.24) is 19.5 Å². The van der Waals surface area contributed by atoms with Crippen LogP contribution in [-0.4, -0.2) is 73.3 Å². The molecule has 0 aromatic carbocycles. The predicted molar refractivity (Wildman–Crippen MR) is 151 cm³/mol. The minimum absolute atomic E-state index is 0.0484. The summed E-state index contributed by atoms with van der Waals surface area (Å²) < 4.78 is 7.31. The minimum atomic E-state index is -2.24. The molecule has 11 heteroatoms. The van der Waals surface area contributed by atoms with Crippen molar-refractivity contribution in [3.8, 4) is 5.88 Å². The van der Waals surface area contributed by atoms with Crippen LogP contribution >= 0.6 is 32.5 Å². The third kappa shape index (κ3) is 5.12. The molecule has 0 saturated carbocycles. The van der Waals surface area contributed by atoms with E-state index >= 15 is 0 Å². The molecular formula is C24H37N5O3PS2+. The number of anilines is 1. The maximum Gasteiger partial charge on any atom is 0.246 e. The average Bonchev–Trinajstić information content (AvgIpc) is 3.46. The van der Waals surface area contributed by atoms with E-state index in [0.29, 0.717) is 28.5 Å². The molecule has 0 unspecified atom stereocenters. The molecule has 0 fully saturated rings. The van der Waals surface area contributed by atoms with Gasteiger partial charge in [-0.05, 0) is 6.08 Å². The summed E-state index contributed by atoms with van der Waals surface area (Å²) in [6.45, 7) is 9.87. The molecule has 2 heterocycles. The quantitative estimate of drug-likeness (QED) is 0.225. The summed E-state index contributed by atoms with van der Waals surface area (Å²) in [6, 6.07) is -0.0484. The zero-order chi connectivity index (χ0) is 26.1. The van der Waals surface area contributed by atoms with Gasteiger partial charge in [0.25, 0.3) is 0 Å². The van der Waals surface area contributed by atoms with Gasteiger partial charge in [-0.25, -0.2) is 4.98 Å². The fourth-order valence-electron chi connectivity index (χ4n) is 5.10. The maximum atomic E-state index is 13.4. The van der Waals surface area contributed by atoms with Crippen LogP contribution in [-0.2, 0) is 9.59 Å². The van der Waals surface area contributed by atoms with Gasteiger partial charge in [0.2, 0.25) is 11.8 Å². The van der Waals surface area contributed by atoms with Gasteiger partial charge in [-0.1, -0.05) is 33.8 Å². The van der Waals surface area contributed by atoms with Gasteiger partial charge in [-0.3, -0.25) is 9.59 Å². The number of nitrogens with two attached hydrogens (primary N) is 1. The molecule has 8 nitrogen and oxygen atoms in total. The molecular weight excluding hydrogens is 501 g/mol. The van der Waals surface area contributed by atoms with Gasteiger partial charge in [0.05, 0.1) is 31.8 Å². The Balaban J connectivity index is 2.06. The number of fused-ring (bicyclic) bond motifs is 1. The molecule has 35 heavy (non-hydrogen) atoms. The summed E-state index contributed by atoms with van der Waals surface area (Å²) in [6.07, 6.45) is 6.76. The van der Waals surface area contributed by atoms with Crippen LogP contribution in [0.1, 0.15) is 40.2 Å². The van der Waals surface area contributed by atoms with Crippen LogP contribution in [0.2, 0.25) is 0 Å². The lowest BCUT2D eigenvalue weighted by Crippen LogP contribution is -2.43. The highest BCUT2D eigenvalue weighted by Crippen LogP contribution is 2.71. The fourth-order valence-corrected chi connectivity index (χ4v) is 12.5. The number of hydrogen-bond acceptors (Lipinski definition) is 9. The van der Waals surface area contributed by atoms with Crippen molar-refractivity contribution < 1.29 is 14.3 Å². The number of rotatable bonds is 11. The van der Waals surface area contributed by atoms with Gasteiger partial charge >= 0.3 is 0 Å². The van der Waals surface area contributed by atoms with E-state index in [0.717, 1.165) is 6.42 Å². The SMILES string of the molecule is COc1nc(N)nc2c1ncn2[C@H]1C=C[C@@H]([P+](C)([C@H](CS)C(=O)C(C)C)[C@H](CS)C(=O)C(C)C)C1. The zero-order valence-electron chi connectivity index (χ0n) is 21.3. The van der Waals surface area contributed by atoms with Crippen LogP contribution in [0.4, 0.5) is 5.95 Å². The predicted octanol–water partition coefficient (Wildman–Crippen LogP) is 3.98. The highest BCUT2D eigenvalue weighted by Gasteiger charge is 2.58. The number of ketones is 2. The Hall–Kier alpha value is -1.64. The molecule has 3 rings (SSSR count). The molecule has 0 amide bonds. The molecule has 0 radical (unpaired) electrons. The summed E-state index contributed by atoms with van der Waals surface area (Å²) in [5.74, 6) is 1.37. The van der Waals surface area contributed by atoms with E-state index in [-0.39, 0.29) is 52.4 Å². The summed E-state index contributed by atoms with van der Waals surface area (Å²) in [5, 5.41) is 0. The normalized spacial score (nSPS) is 20.1. The van der Waals surface area contributed by atoms with Gasteiger partial charge in [0, 0.05) is 37.0 Å². The van der Waals surface area contributed by atoms with Crippen LogP contribution in [0.3, 0.4) is 0 Å². The minimum Gasteiger partial charge on any atom is -0.479 e. The molecule has 2 N–H and O–H groups in total. The molecule has 0 aliphatic heterocycles. The van der Waals surface area contributed by atoms with E-state index < -0.39 is 7.26 Å². The van der Waals surface area contributed by atoms with Crippen molar-refractivity contribution in [2.24, 2.45) is 11.8 Å². The van der Waals surface area contributed by atoms with Crippen LogP contribution < -0.4 is 10.5 Å². The van der Waals surface area contributed by atoms with E-state index in [9.17, 15) is 9.59 Å². The summed E-state index contributed by atoms with van der Waals surface area (Å²) >= 11 is 9.28. The Labute approximate surface area is 219 Å². The second-order valence-corrected chi connectivity index (χ2v) is 15.0. The lowest BCUT2D eigenvalue weighted by molar-refractivity contribution is -0.121. The van der Waals surface area contributed by atoms with Gasteiger partial charge in [-0.2, -0.15) is 35.2 Å². The molecule has 1 aliphatic carbocycles. The van der Waals surface area contributed by atoms with Crippen LogP contribution in [0.15, 0.2) is 18.5 Å². The third-order valence-electron chi connectivity index (χ3n) is 7.19. The number of allylic oxidation sites excluding steroid dienone is 2. The van der Waals surface area contributed by atoms with E-state index in [1.807, 2.05) is 32.3 Å². The average molecular weight is 539 g/mol. The monoisotopic (exact) mass is 538 g/mol. The number of carbonyl (C=O) groups is 2. The first-order chi connectivity index (χ1) is 16.5. The van der Waals surface area contributed by atoms with Gasteiger partial charge in [-0.15, -0.1) is 0 Å². The number of hydrogen-bond donors (Lipinski definition) is 3. The Morgan fingerprint density at radius 1 is 1.11 bits per heavy atom. The second-order valence-electron chi connectivity index (χ2n) is 9.90. The number of nitrogens with zero attached hydrogens (tertiary/aromatic N) is 4. The summed E-state index contributed by atoms with van der Waals surface area (Å²) in [5.41, 5.74) is 6.55. The number of methoxy groups -OCH3 is 1. The third-order valence-corrected chi connectivity index (χ3v) is 13.9. The molecule has 0 bridgehead atoms. The maximum absolute atomic E-state index is 13.4. The topological polar surface area (TPSA) is 113 Å². The fraction of sp³-hybridized carbons (Fsp3) is 0.625. The molecule has 192 valence electrons. The Morgan fingerprint density at radius 2 is 1.69 bits per heavy atom. The van der Waals surface area contributed by atoms with Crippen molar-refractivity contribution in [2.45, 2.75) is 57.1 Å². The number of imidazole rings is 1. The van der Waals surface area contributed by atoms with Crippen LogP contribution in [0, 0.1) is 11.8 Å². The van der Waals surface area contributed by atoms with E-state index in [1.165, 1.54) is 7.11 Å². The van der Waals surface area contributed by atoms with E-state index in [1.54, 1.807) is 6.33 Å². The van der Waals surface area contributed by atoms with Crippen molar-refractivity contribution in [2.75, 3.05) is 31.0 Å². The lowest BCUT2D eigenvalue weighted by atomic mass is 10.1. The van der Waals surface area contributed by atoms with Crippen LogP contribution in [0.25, 0.3) is 11.2 Å².